The van der Waals surface area contributed by atoms with Crippen molar-refractivity contribution in [1.29, 1.82) is 0 Å². The summed E-state index contributed by atoms with van der Waals surface area (Å²) >= 11 is 0. The van der Waals surface area contributed by atoms with E-state index >= 15 is 0 Å². The summed E-state index contributed by atoms with van der Waals surface area (Å²) in [6, 6.07) is 0. The molecular formula is C39H64B2O6. The molecule has 0 aromatic rings. The third-order valence-electron chi connectivity index (χ3n) is 14.7. The van der Waals surface area contributed by atoms with E-state index in [1.165, 1.54) is 44.9 Å². The average Bonchev–Trinajstić information content (AvgIpc) is 3.84. The van der Waals surface area contributed by atoms with Gasteiger partial charge in [-0.15, -0.1) is 0 Å². The molecule has 0 amide bonds. The van der Waals surface area contributed by atoms with Crippen LogP contribution in [0.25, 0.3) is 0 Å². The van der Waals surface area contributed by atoms with Gasteiger partial charge in [0.25, 0.3) is 0 Å². The molecule has 47 heavy (non-hydrogen) atoms. The van der Waals surface area contributed by atoms with E-state index in [-0.39, 0.29) is 44.8 Å². The predicted octanol–water partition coefficient (Wildman–Crippen LogP) is 8.77. The Hall–Kier alpha value is -0.630. The van der Waals surface area contributed by atoms with Crippen molar-refractivity contribution in [2.24, 2.45) is 52.3 Å². The van der Waals surface area contributed by atoms with Crippen LogP contribution < -0.4 is 0 Å². The van der Waals surface area contributed by atoms with Gasteiger partial charge in [0.2, 0.25) is 0 Å². The molecule has 262 valence electrons. The molecule has 6 nitrogen and oxygen atoms in total. The number of hydrogen-bond donors (Lipinski definition) is 0. The zero-order valence-electron chi connectivity index (χ0n) is 30.8. The molecule has 4 aliphatic carbocycles. The number of allylic oxidation sites excluding steroid dienone is 3. The Kier molecular flexibility index (Phi) is 10.2. The fraction of sp³-hybridized carbons (Fsp3) is 0.897. The summed E-state index contributed by atoms with van der Waals surface area (Å²) in [5.41, 5.74) is 2.43. The third kappa shape index (κ3) is 6.19. The van der Waals surface area contributed by atoms with Crippen LogP contribution in [0.4, 0.5) is 0 Å². The van der Waals surface area contributed by atoms with Gasteiger partial charge >= 0.3 is 14.2 Å². The van der Waals surface area contributed by atoms with Crippen molar-refractivity contribution in [3.05, 3.63) is 23.8 Å². The molecule has 7 aliphatic rings. The quantitative estimate of drug-likeness (QED) is 0.174. The molecule has 0 bridgehead atoms. The Labute approximate surface area is 287 Å². The average molecular weight is 651 g/mol. The van der Waals surface area contributed by atoms with Crippen molar-refractivity contribution >= 4 is 14.2 Å². The van der Waals surface area contributed by atoms with E-state index in [1.54, 1.807) is 5.57 Å². The summed E-state index contributed by atoms with van der Waals surface area (Å²) in [6.45, 7) is 19.6. The summed E-state index contributed by atoms with van der Waals surface area (Å²) in [4.78, 5) is 0. The molecule has 6 unspecified atom stereocenters. The minimum Gasteiger partial charge on any atom is -0.408 e. The fourth-order valence-electron chi connectivity index (χ4n) is 11.9. The highest BCUT2D eigenvalue weighted by atomic mass is 16.8. The van der Waals surface area contributed by atoms with Crippen LogP contribution in [0.1, 0.15) is 113 Å². The van der Waals surface area contributed by atoms with Gasteiger partial charge < -0.3 is 28.1 Å². The topological polar surface area (TPSA) is 55.4 Å². The van der Waals surface area contributed by atoms with E-state index in [0.717, 1.165) is 55.1 Å². The van der Waals surface area contributed by atoms with Crippen molar-refractivity contribution in [2.75, 3.05) is 6.61 Å². The molecule has 3 saturated carbocycles. The third-order valence-corrected chi connectivity index (χ3v) is 14.7. The molecule has 0 aromatic heterocycles. The highest BCUT2D eigenvalue weighted by molar-refractivity contribution is 6.45. The Morgan fingerprint density at radius 1 is 0.894 bits per heavy atom. The summed E-state index contributed by atoms with van der Waals surface area (Å²) in [6.07, 6.45) is 19.9. The lowest BCUT2D eigenvalue weighted by atomic mass is 9.47. The predicted molar refractivity (Wildman–Crippen MR) is 189 cm³/mol. The SMILES string of the molecule is CCB1OCC(C2OC(OC3CC[C@@]4(C)C(=CC[C@H]5[C@@H]6CC[C@H]([C@H](C)/C=C/[C@H](CC)C(C)C)[C@@]6(C)CC[C@@H]54)C3)C3OB(CC)OC23)O1. The van der Waals surface area contributed by atoms with Crippen LogP contribution in [-0.2, 0) is 28.1 Å². The molecule has 6 fully saturated rings. The first-order valence-corrected chi connectivity index (χ1v) is 19.9. The fourth-order valence-corrected chi connectivity index (χ4v) is 11.9. The molecule has 7 rings (SSSR count). The van der Waals surface area contributed by atoms with Crippen LogP contribution in [0.15, 0.2) is 23.8 Å². The molecule has 3 saturated heterocycles. The Balaban J connectivity index is 1.01. The van der Waals surface area contributed by atoms with E-state index in [9.17, 15) is 0 Å². The highest BCUT2D eigenvalue weighted by Crippen LogP contribution is 2.67. The molecule has 0 aromatic carbocycles. The van der Waals surface area contributed by atoms with Crippen LogP contribution >= 0.6 is 0 Å². The molecule has 3 aliphatic heterocycles. The number of rotatable bonds is 10. The minimum absolute atomic E-state index is 0.146. The van der Waals surface area contributed by atoms with E-state index in [2.05, 4.69) is 73.6 Å². The smallest absolute Gasteiger partial charge is 0.408 e. The lowest BCUT2D eigenvalue weighted by Crippen LogP contribution is -2.51. The van der Waals surface area contributed by atoms with Crippen LogP contribution in [0.3, 0.4) is 0 Å². The van der Waals surface area contributed by atoms with Gasteiger partial charge in [-0.1, -0.05) is 79.2 Å². The maximum Gasteiger partial charge on any atom is 0.457 e. The van der Waals surface area contributed by atoms with Crippen molar-refractivity contribution in [3.63, 3.8) is 0 Å². The van der Waals surface area contributed by atoms with E-state index in [0.29, 0.717) is 29.3 Å². The van der Waals surface area contributed by atoms with Gasteiger partial charge in [0.05, 0.1) is 18.8 Å². The second-order valence-electron chi connectivity index (χ2n) is 17.4. The normalized spacial score (nSPS) is 46.0. The molecule has 0 radical (unpaired) electrons. The second kappa shape index (κ2) is 13.8. The molecule has 14 atom stereocenters. The lowest BCUT2D eigenvalue weighted by molar-refractivity contribution is -0.203. The second-order valence-corrected chi connectivity index (χ2v) is 17.4. The summed E-state index contributed by atoms with van der Waals surface area (Å²) < 4.78 is 38.2. The number of hydrogen-bond acceptors (Lipinski definition) is 6. The van der Waals surface area contributed by atoms with E-state index in [1.807, 2.05) is 0 Å². The van der Waals surface area contributed by atoms with E-state index < -0.39 is 6.29 Å². The standard InChI is InChI=1S/C39H64B2O6/c1-9-26(24(4)5)13-12-25(6)30-16-17-31-29-15-14-27-22-28(18-20-38(27,7)32(29)19-21-39(30,31)8)43-37-36-35(46-41(11-3)47-36)34(44-37)33-23-42-40(10-2)45-33/h12-14,24-26,28-37H,9-11,15-23H2,1-8H3/b13-12+/t25-,26+,28?,29+,30-,31+,32+,33?,34?,35?,36?,37?,38+,39-/m1/s1. The van der Waals surface area contributed by atoms with Gasteiger partial charge in [-0.25, -0.2) is 0 Å². The summed E-state index contributed by atoms with van der Waals surface area (Å²) in [5.74, 6) is 5.42. The Morgan fingerprint density at radius 2 is 1.68 bits per heavy atom. The van der Waals surface area contributed by atoms with Crippen LogP contribution in [0.5, 0.6) is 0 Å². The summed E-state index contributed by atoms with van der Waals surface area (Å²) in [5, 5.41) is 0. The van der Waals surface area contributed by atoms with Crippen molar-refractivity contribution in [1.82, 2.24) is 0 Å². The zero-order chi connectivity index (χ0) is 33.1. The maximum absolute atomic E-state index is 6.85. The lowest BCUT2D eigenvalue weighted by Gasteiger charge is -2.58. The molecule has 3 heterocycles. The molecular weight excluding hydrogens is 586 g/mol. The highest BCUT2D eigenvalue weighted by Gasteiger charge is 2.61. The van der Waals surface area contributed by atoms with Crippen molar-refractivity contribution in [2.45, 2.75) is 163 Å². The van der Waals surface area contributed by atoms with Gasteiger partial charge in [0.1, 0.15) is 18.3 Å². The van der Waals surface area contributed by atoms with Gasteiger partial charge in [-0.2, -0.15) is 0 Å². The van der Waals surface area contributed by atoms with Crippen LogP contribution in [0, 0.1) is 52.3 Å². The maximum atomic E-state index is 6.85. The Morgan fingerprint density at radius 3 is 2.40 bits per heavy atom. The van der Waals surface area contributed by atoms with Gasteiger partial charge in [0.15, 0.2) is 6.29 Å². The number of fused-ring (bicyclic) bond motifs is 6. The minimum atomic E-state index is -0.424. The molecule has 8 heteroatoms. The first kappa shape index (κ1) is 34.8. The van der Waals surface area contributed by atoms with Gasteiger partial charge in [0, 0.05) is 0 Å². The van der Waals surface area contributed by atoms with Crippen molar-refractivity contribution < 1.29 is 28.1 Å². The van der Waals surface area contributed by atoms with Gasteiger partial charge in [-0.05, 0) is 123 Å². The first-order chi connectivity index (χ1) is 22.6. The van der Waals surface area contributed by atoms with E-state index in [4.69, 9.17) is 28.1 Å². The zero-order valence-corrected chi connectivity index (χ0v) is 30.8. The van der Waals surface area contributed by atoms with Gasteiger partial charge in [-0.3, -0.25) is 0 Å². The summed E-state index contributed by atoms with van der Waals surface area (Å²) in [7, 11) is -0.375. The molecule has 0 spiro atoms. The van der Waals surface area contributed by atoms with Crippen molar-refractivity contribution in [3.8, 4) is 0 Å². The monoisotopic (exact) mass is 650 g/mol. The number of ether oxygens (including phenoxy) is 2. The van der Waals surface area contributed by atoms with Crippen LogP contribution in [-0.4, -0.2) is 57.7 Å². The molecule has 0 N–H and O–H groups in total. The first-order valence-electron chi connectivity index (χ1n) is 19.9. The largest absolute Gasteiger partial charge is 0.457 e. The van der Waals surface area contributed by atoms with Crippen LogP contribution in [0.2, 0.25) is 12.6 Å². The Bertz CT molecular complexity index is 1160.